The molecule has 4 N–H and O–H groups in total. The highest BCUT2D eigenvalue weighted by molar-refractivity contribution is 5.89. The third-order valence-corrected chi connectivity index (χ3v) is 7.16. The van der Waals surface area contributed by atoms with Gasteiger partial charge in [0.05, 0.1) is 5.84 Å². The van der Waals surface area contributed by atoms with Crippen LogP contribution < -0.4 is 21.3 Å². The molecular formula is C28H33N7. The third-order valence-electron chi connectivity index (χ3n) is 7.16. The molecule has 7 nitrogen and oxygen atoms in total. The number of benzene rings is 1. The number of aromatic nitrogens is 2. The summed E-state index contributed by atoms with van der Waals surface area (Å²) < 4.78 is 0. The first-order chi connectivity index (χ1) is 16.9. The Morgan fingerprint density at radius 2 is 1.89 bits per heavy atom. The molecule has 2 aliphatic rings. The summed E-state index contributed by atoms with van der Waals surface area (Å²) in [7, 11) is 0. The first-order valence-electron chi connectivity index (χ1n) is 12.2. The average Bonchev–Trinajstić information content (AvgIpc) is 2.86. The van der Waals surface area contributed by atoms with Gasteiger partial charge in [0.1, 0.15) is 11.6 Å². The highest BCUT2D eigenvalue weighted by Gasteiger charge is 2.39. The monoisotopic (exact) mass is 467 g/mol. The smallest absolute Gasteiger partial charge is 0.130 e. The molecule has 0 atom stereocenters. The van der Waals surface area contributed by atoms with Gasteiger partial charge in [0, 0.05) is 61.4 Å². The fourth-order valence-electron chi connectivity index (χ4n) is 4.78. The average molecular weight is 468 g/mol. The van der Waals surface area contributed by atoms with Gasteiger partial charge in [-0.25, -0.2) is 15.0 Å². The van der Waals surface area contributed by atoms with Crippen LogP contribution in [0.15, 0.2) is 66.6 Å². The van der Waals surface area contributed by atoms with Gasteiger partial charge in [-0.1, -0.05) is 18.7 Å². The molecule has 4 heterocycles. The minimum Gasteiger partial charge on any atom is -0.387 e. The molecule has 1 spiro atoms. The van der Waals surface area contributed by atoms with E-state index < -0.39 is 0 Å². The minimum atomic E-state index is 0.520. The molecule has 3 aromatic rings. The van der Waals surface area contributed by atoms with Crippen molar-refractivity contribution in [3.8, 4) is 0 Å². The number of nitrogens with zero attached hydrogens (tertiary/aromatic N) is 4. The van der Waals surface area contributed by atoms with Gasteiger partial charge in [0.25, 0.3) is 0 Å². The van der Waals surface area contributed by atoms with Gasteiger partial charge in [0.15, 0.2) is 0 Å². The van der Waals surface area contributed by atoms with Crippen LogP contribution in [0.25, 0.3) is 22.0 Å². The van der Waals surface area contributed by atoms with Gasteiger partial charge in [0.2, 0.25) is 0 Å². The maximum absolute atomic E-state index is 5.67. The number of hydrogen-bond acceptors (Lipinski definition) is 6. The van der Waals surface area contributed by atoms with Crippen molar-refractivity contribution < 1.29 is 0 Å². The molecule has 2 aliphatic heterocycles. The molecule has 2 fully saturated rings. The second-order valence-corrected chi connectivity index (χ2v) is 9.81. The number of allylic oxidation sites excluding steroid dienone is 1. The van der Waals surface area contributed by atoms with Gasteiger partial charge in [-0.3, -0.25) is 0 Å². The Labute approximate surface area is 206 Å². The van der Waals surface area contributed by atoms with Gasteiger partial charge in [-0.05, 0) is 72.9 Å². The number of anilines is 2. The van der Waals surface area contributed by atoms with Gasteiger partial charge < -0.3 is 21.3 Å². The standard InChI is InChI=1S/C28H33N7/c1-19(15-32-21(3)29)22-4-5-24-16-33-26(13-25(24)12-22)34-20(2)23-6-9-31-27(14-23)35-10-7-28(8-11-35)17-30-18-28/h4-6,9,12-16,30H,2,7-8,10-11,17-18H2,1,3H3,(H2,29,32)(H,33,34)/b19-15+. The molecule has 0 radical (unpaired) electrons. The number of piperidine rings is 1. The Morgan fingerprint density at radius 3 is 2.60 bits per heavy atom. The molecule has 7 heteroatoms. The van der Waals surface area contributed by atoms with Crippen molar-refractivity contribution in [2.24, 2.45) is 16.1 Å². The van der Waals surface area contributed by atoms with Crippen molar-refractivity contribution in [3.63, 3.8) is 0 Å². The van der Waals surface area contributed by atoms with Crippen LogP contribution in [0, 0.1) is 5.41 Å². The first kappa shape index (κ1) is 23.1. The van der Waals surface area contributed by atoms with E-state index in [1.54, 1.807) is 13.1 Å². The van der Waals surface area contributed by atoms with E-state index in [0.29, 0.717) is 11.3 Å². The Morgan fingerprint density at radius 1 is 1.09 bits per heavy atom. The summed E-state index contributed by atoms with van der Waals surface area (Å²) in [4.78, 5) is 15.8. The number of amidine groups is 1. The number of rotatable bonds is 6. The van der Waals surface area contributed by atoms with E-state index in [0.717, 1.165) is 71.0 Å². The van der Waals surface area contributed by atoms with Gasteiger partial charge in [-0.2, -0.15) is 0 Å². The molecule has 0 saturated carbocycles. The van der Waals surface area contributed by atoms with E-state index in [4.69, 9.17) is 5.73 Å². The Kier molecular flexibility index (Phi) is 6.26. The van der Waals surface area contributed by atoms with Crippen LogP contribution in [0.2, 0.25) is 0 Å². The van der Waals surface area contributed by atoms with Crippen LogP contribution in [-0.4, -0.2) is 42.0 Å². The van der Waals surface area contributed by atoms with E-state index in [-0.39, 0.29) is 0 Å². The van der Waals surface area contributed by atoms with E-state index in [9.17, 15) is 0 Å². The zero-order valence-electron chi connectivity index (χ0n) is 20.5. The second kappa shape index (κ2) is 9.50. The van der Waals surface area contributed by atoms with Crippen LogP contribution in [0.5, 0.6) is 0 Å². The third kappa shape index (κ3) is 5.05. The summed E-state index contributed by atoms with van der Waals surface area (Å²) in [5.74, 6) is 2.31. The van der Waals surface area contributed by atoms with Crippen LogP contribution in [0.3, 0.4) is 0 Å². The lowest BCUT2D eigenvalue weighted by molar-refractivity contribution is 0.126. The maximum Gasteiger partial charge on any atom is 0.130 e. The van der Waals surface area contributed by atoms with Crippen LogP contribution in [0.4, 0.5) is 11.6 Å². The number of nitrogens with two attached hydrogens (primary N) is 1. The largest absolute Gasteiger partial charge is 0.387 e. The quantitative estimate of drug-likeness (QED) is 0.361. The molecule has 0 bridgehead atoms. The molecule has 1 aromatic carbocycles. The fourth-order valence-corrected chi connectivity index (χ4v) is 4.78. The SMILES string of the molecule is C=C(Nc1cc2cc(/C(C)=C/N=C(\C)N)ccc2cn1)c1ccnc(N2CCC3(CC2)CNC3)c1. The van der Waals surface area contributed by atoms with E-state index in [2.05, 4.69) is 61.3 Å². The van der Waals surface area contributed by atoms with E-state index >= 15 is 0 Å². The topological polar surface area (TPSA) is 91.5 Å². The summed E-state index contributed by atoms with van der Waals surface area (Å²) in [5, 5.41) is 8.99. The number of hydrogen-bond donors (Lipinski definition) is 3. The first-order valence-corrected chi connectivity index (χ1v) is 12.2. The van der Waals surface area contributed by atoms with Crippen molar-refractivity contribution in [2.75, 3.05) is 36.4 Å². The minimum absolute atomic E-state index is 0.520. The van der Waals surface area contributed by atoms with Crippen LogP contribution in [-0.2, 0) is 0 Å². The normalized spacial score (nSPS) is 17.9. The molecule has 0 unspecified atom stereocenters. The molecule has 5 rings (SSSR count). The summed E-state index contributed by atoms with van der Waals surface area (Å²) in [6.45, 7) is 12.5. The van der Waals surface area contributed by atoms with Gasteiger partial charge in [-0.15, -0.1) is 0 Å². The number of fused-ring (bicyclic) bond motifs is 1. The van der Waals surface area contributed by atoms with Crippen molar-refractivity contribution in [3.05, 3.63) is 72.7 Å². The van der Waals surface area contributed by atoms with Crippen LogP contribution in [0.1, 0.15) is 37.8 Å². The lowest BCUT2D eigenvalue weighted by Crippen LogP contribution is -2.58. The fraction of sp³-hybridized carbons (Fsp3) is 0.321. The Balaban J connectivity index is 1.30. The zero-order valence-corrected chi connectivity index (χ0v) is 20.5. The molecule has 35 heavy (non-hydrogen) atoms. The van der Waals surface area contributed by atoms with E-state index in [1.807, 2.05) is 31.5 Å². The van der Waals surface area contributed by atoms with E-state index in [1.165, 1.54) is 12.8 Å². The molecule has 2 saturated heterocycles. The highest BCUT2D eigenvalue weighted by atomic mass is 15.2. The Bertz CT molecular complexity index is 1310. The van der Waals surface area contributed by atoms with Crippen molar-refractivity contribution >= 4 is 39.5 Å². The highest BCUT2D eigenvalue weighted by Crippen LogP contribution is 2.36. The summed E-state index contributed by atoms with van der Waals surface area (Å²) in [6.07, 6.45) is 7.99. The summed E-state index contributed by atoms with van der Waals surface area (Å²) in [6, 6.07) is 12.5. The van der Waals surface area contributed by atoms with Crippen molar-refractivity contribution in [2.45, 2.75) is 26.7 Å². The lowest BCUT2D eigenvalue weighted by Gasteiger charge is -2.48. The molecule has 2 aromatic heterocycles. The molecular weight excluding hydrogens is 434 g/mol. The Hall–Kier alpha value is -3.71. The lowest BCUT2D eigenvalue weighted by atomic mass is 9.73. The maximum atomic E-state index is 5.67. The van der Waals surface area contributed by atoms with Gasteiger partial charge >= 0.3 is 0 Å². The zero-order chi connectivity index (χ0) is 24.4. The van der Waals surface area contributed by atoms with Crippen molar-refractivity contribution in [1.82, 2.24) is 15.3 Å². The summed E-state index contributed by atoms with van der Waals surface area (Å²) in [5.41, 5.74) is 10.2. The molecule has 0 amide bonds. The van der Waals surface area contributed by atoms with Crippen LogP contribution >= 0.6 is 0 Å². The summed E-state index contributed by atoms with van der Waals surface area (Å²) >= 11 is 0. The number of nitrogens with one attached hydrogen (secondary N) is 2. The molecule has 0 aliphatic carbocycles. The van der Waals surface area contributed by atoms with Crippen molar-refractivity contribution in [1.29, 1.82) is 0 Å². The predicted molar refractivity (Wildman–Crippen MR) is 146 cm³/mol. The number of pyridine rings is 2. The predicted octanol–water partition coefficient (Wildman–Crippen LogP) is 4.64. The number of aliphatic imine (C=N–C) groups is 1. The molecule has 180 valence electrons. The second-order valence-electron chi connectivity index (χ2n) is 9.81.